The van der Waals surface area contributed by atoms with Crippen LogP contribution in [0.1, 0.15) is 57.8 Å². The summed E-state index contributed by atoms with van der Waals surface area (Å²) in [6, 6.07) is 0. The summed E-state index contributed by atoms with van der Waals surface area (Å²) in [6.07, 6.45) is 3.00. The Morgan fingerprint density at radius 1 is 1.19 bits per heavy atom. The summed E-state index contributed by atoms with van der Waals surface area (Å²) in [5.74, 6) is 0.681. The Balaban J connectivity index is 1.90. The maximum Gasteiger partial charge on any atom is 0.330 e. The van der Waals surface area contributed by atoms with E-state index in [1.807, 2.05) is 32.3 Å². The van der Waals surface area contributed by atoms with E-state index in [1.165, 1.54) is 15.9 Å². The Hall–Kier alpha value is -2.82. The Morgan fingerprint density at radius 3 is 2.61 bits per heavy atom. The van der Waals surface area contributed by atoms with Gasteiger partial charge in [0.1, 0.15) is 10.8 Å². The lowest BCUT2D eigenvalue weighted by Crippen LogP contribution is -2.31. The largest absolute Gasteiger partial charge is 0.330 e. The van der Waals surface area contributed by atoms with Crippen molar-refractivity contribution in [3.63, 3.8) is 0 Å². The van der Waals surface area contributed by atoms with Crippen molar-refractivity contribution in [2.75, 3.05) is 5.32 Å². The van der Waals surface area contributed by atoms with Gasteiger partial charge in [0.15, 0.2) is 11.2 Å². The fourth-order valence-corrected chi connectivity index (χ4v) is 4.04. The maximum absolute atomic E-state index is 12.6. The SMILES string of the molecule is CCCCn1c(=O)[nH]c(=O)c2c1nc(CCC(=O)Nc1nnc(CC)s1)n2CC(C)C. The first kappa shape index (κ1) is 22.9. The minimum Gasteiger partial charge on any atom is -0.322 e. The summed E-state index contributed by atoms with van der Waals surface area (Å²) in [7, 11) is 0. The zero-order chi connectivity index (χ0) is 22.5. The Morgan fingerprint density at radius 2 is 1.97 bits per heavy atom. The number of rotatable bonds is 10. The second-order valence-electron chi connectivity index (χ2n) is 7.87. The van der Waals surface area contributed by atoms with Crippen molar-refractivity contribution >= 4 is 33.5 Å². The number of unbranched alkanes of at least 4 members (excludes halogenated alkanes) is 1. The molecule has 3 heterocycles. The number of aryl methyl sites for hydroxylation is 3. The van der Waals surface area contributed by atoms with E-state index in [0.29, 0.717) is 41.6 Å². The van der Waals surface area contributed by atoms with Gasteiger partial charge in [-0.15, -0.1) is 10.2 Å². The van der Waals surface area contributed by atoms with E-state index in [-0.39, 0.29) is 18.2 Å². The van der Waals surface area contributed by atoms with Gasteiger partial charge in [-0.3, -0.25) is 19.1 Å². The van der Waals surface area contributed by atoms with Crippen molar-refractivity contribution in [3.05, 3.63) is 31.7 Å². The molecule has 1 amide bonds. The van der Waals surface area contributed by atoms with Crippen LogP contribution in [0.5, 0.6) is 0 Å². The molecule has 10 nitrogen and oxygen atoms in total. The number of anilines is 1. The monoisotopic (exact) mass is 447 g/mol. The van der Waals surface area contributed by atoms with Crippen LogP contribution in [0, 0.1) is 5.92 Å². The molecule has 3 aromatic rings. The van der Waals surface area contributed by atoms with Crippen LogP contribution in [0.4, 0.5) is 5.13 Å². The fourth-order valence-electron chi connectivity index (χ4n) is 3.35. The van der Waals surface area contributed by atoms with Gasteiger partial charge in [0.05, 0.1) is 0 Å². The van der Waals surface area contributed by atoms with Crippen LogP contribution in [0.3, 0.4) is 0 Å². The lowest BCUT2D eigenvalue weighted by Gasteiger charge is -2.11. The molecule has 3 rings (SSSR count). The Kier molecular flexibility index (Phi) is 7.37. The molecule has 0 saturated heterocycles. The van der Waals surface area contributed by atoms with E-state index >= 15 is 0 Å². The summed E-state index contributed by atoms with van der Waals surface area (Å²) >= 11 is 1.35. The van der Waals surface area contributed by atoms with Gasteiger partial charge in [0.2, 0.25) is 11.0 Å². The molecule has 0 fully saturated rings. The van der Waals surface area contributed by atoms with Crippen molar-refractivity contribution in [2.24, 2.45) is 5.92 Å². The molecule has 0 unspecified atom stereocenters. The predicted molar refractivity (Wildman–Crippen MR) is 121 cm³/mol. The molecular weight excluding hydrogens is 418 g/mol. The Bertz CT molecular complexity index is 1170. The molecule has 0 bridgehead atoms. The van der Waals surface area contributed by atoms with Gasteiger partial charge >= 0.3 is 5.69 Å². The predicted octanol–water partition coefficient (Wildman–Crippen LogP) is 2.33. The number of fused-ring (bicyclic) bond motifs is 1. The molecule has 31 heavy (non-hydrogen) atoms. The second kappa shape index (κ2) is 9.99. The topological polar surface area (TPSA) is 128 Å². The van der Waals surface area contributed by atoms with E-state index in [4.69, 9.17) is 0 Å². The normalized spacial score (nSPS) is 11.5. The Labute approximate surface area is 183 Å². The number of H-pyrrole nitrogens is 1. The zero-order valence-electron chi connectivity index (χ0n) is 18.4. The zero-order valence-corrected chi connectivity index (χ0v) is 19.2. The first-order valence-electron chi connectivity index (χ1n) is 10.7. The molecule has 0 aliphatic heterocycles. The van der Waals surface area contributed by atoms with Gasteiger partial charge in [-0.25, -0.2) is 9.78 Å². The summed E-state index contributed by atoms with van der Waals surface area (Å²) in [4.78, 5) is 44.5. The third kappa shape index (κ3) is 5.27. The average Bonchev–Trinajstić information content (AvgIpc) is 3.30. The molecule has 0 saturated carbocycles. The van der Waals surface area contributed by atoms with Crippen LogP contribution in [0.15, 0.2) is 9.59 Å². The van der Waals surface area contributed by atoms with Gasteiger partial charge in [-0.1, -0.05) is 45.5 Å². The molecular formula is C20H29N7O3S. The number of aromatic nitrogens is 6. The highest BCUT2D eigenvalue weighted by molar-refractivity contribution is 7.15. The molecule has 3 aromatic heterocycles. The minimum atomic E-state index is -0.451. The van der Waals surface area contributed by atoms with Gasteiger partial charge in [0, 0.05) is 25.9 Å². The van der Waals surface area contributed by atoms with Crippen LogP contribution in [0.25, 0.3) is 11.2 Å². The van der Waals surface area contributed by atoms with Gasteiger partial charge in [-0.2, -0.15) is 0 Å². The van der Waals surface area contributed by atoms with Crippen molar-refractivity contribution in [1.82, 2.24) is 29.3 Å². The van der Waals surface area contributed by atoms with Crippen LogP contribution >= 0.6 is 11.3 Å². The van der Waals surface area contributed by atoms with E-state index < -0.39 is 11.2 Å². The first-order valence-corrected chi connectivity index (χ1v) is 11.5. The third-order valence-corrected chi connectivity index (χ3v) is 5.82. The number of imidazole rings is 1. The van der Waals surface area contributed by atoms with E-state index in [2.05, 4.69) is 25.5 Å². The van der Waals surface area contributed by atoms with Gasteiger partial charge < -0.3 is 9.88 Å². The van der Waals surface area contributed by atoms with Crippen LogP contribution in [-0.2, 0) is 30.7 Å². The average molecular weight is 448 g/mol. The molecule has 2 N–H and O–H groups in total. The van der Waals surface area contributed by atoms with E-state index in [0.717, 1.165) is 24.3 Å². The highest BCUT2D eigenvalue weighted by Gasteiger charge is 2.20. The highest BCUT2D eigenvalue weighted by Crippen LogP contribution is 2.18. The van der Waals surface area contributed by atoms with Gasteiger partial charge in [-0.05, 0) is 18.8 Å². The first-order chi connectivity index (χ1) is 14.8. The standard InChI is InChI=1S/C20H29N7O3S/c1-5-7-10-26-17-16(18(29)23-20(26)30)27(11-12(3)4)13(21-17)8-9-14(28)22-19-25-24-15(6-2)31-19/h12H,5-11H2,1-4H3,(H,22,25,28)(H,23,29,30). The summed E-state index contributed by atoms with van der Waals surface area (Å²) in [5, 5.41) is 12.1. The van der Waals surface area contributed by atoms with Crippen molar-refractivity contribution in [2.45, 2.75) is 72.9 Å². The van der Waals surface area contributed by atoms with Crippen LogP contribution in [0.2, 0.25) is 0 Å². The number of nitrogens with zero attached hydrogens (tertiary/aromatic N) is 5. The van der Waals surface area contributed by atoms with Crippen LogP contribution < -0.4 is 16.6 Å². The minimum absolute atomic E-state index is 0.180. The number of amides is 1. The molecule has 0 atom stereocenters. The number of hydrogen-bond acceptors (Lipinski definition) is 7. The number of carbonyl (C=O) groups excluding carboxylic acids is 1. The van der Waals surface area contributed by atoms with Crippen LogP contribution in [-0.4, -0.2) is 35.2 Å². The van der Waals surface area contributed by atoms with E-state index in [9.17, 15) is 14.4 Å². The maximum atomic E-state index is 12.6. The quantitative estimate of drug-likeness (QED) is 0.491. The number of carbonyl (C=O) groups is 1. The van der Waals surface area contributed by atoms with Crippen molar-refractivity contribution in [3.8, 4) is 0 Å². The second-order valence-corrected chi connectivity index (χ2v) is 8.93. The molecule has 0 spiro atoms. The van der Waals surface area contributed by atoms with E-state index in [1.54, 1.807) is 0 Å². The summed E-state index contributed by atoms with van der Waals surface area (Å²) in [5.41, 5.74) is -0.128. The van der Waals surface area contributed by atoms with Crippen molar-refractivity contribution < 1.29 is 4.79 Å². The number of aromatic amines is 1. The smallest absolute Gasteiger partial charge is 0.322 e. The molecule has 168 valence electrons. The molecule has 11 heteroatoms. The lowest BCUT2D eigenvalue weighted by molar-refractivity contribution is -0.116. The molecule has 0 aliphatic carbocycles. The summed E-state index contributed by atoms with van der Waals surface area (Å²) < 4.78 is 3.36. The fraction of sp³-hybridized carbons (Fsp3) is 0.600. The number of nitrogens with one attached hydrogen (secondary N) is 2. The lowest BCUT2D eigenvalue weighted by atomic mass is 10.2. The number of hydrogen-bond donors (Lipinski definition) is 2. The molecule has 0 radical (unpaired) electrons. The summed E-state index contributed by atoms with van der Waals surface area (Å²) in [6.45, 7) is 9.16. The molecule has 0 aromatic carbocycles. The molecule has 0 aliphatic rings. The van der Waals surface area contributed by atoms with Crippen molar-refractivity contribution in [1.29, 1.82) is 0 Å². The third-order valence-electron chi connectivity index (χ3n) is 4.84. The van der Waals surface area contributed by atoms with Gasteiger partial charge in [0.25, 0.3) is 5.56 Å². The highest BCUT2D eigenvalue weighted by atomic mass is 32.1.